The summed E-state index contributed by atoms with van der Waals surface area (Å²) in [6.45, 7) is 4.83. The van der Waals surface area contributed by atoms with Crippen molar-refractivity contribution in [3.63, 3.8) is 0 Å². The van der Waals surface area contributed by atoms with Crippen LogP contribution in [0.2, 0.25) is 0 Å². The molecule has 3 rings (SSSR count). The number of carboxylic acids is 1. The number of aromatic carboxylic acids is 1. The lowest BCUT2D eigenvalue weighted by molar-refractivity contribution is 0.0697. The Morgan fingerprint density at radius 1 is 1.21 bits per heavy atom. The normalized spacial score (nSPS) is 15.5. The Labute approximate surface area is 145 Å². The average molecular weight is 346 g/mol. The molecule has 0 spiro atoms. The second-order valence-electron chi connectivity index (χ2n) is 6.12. The second-order valence-corrected chi connectivity index (χ2v) is 7.21. The maximum Gasteiger partial charge on any atom is 0.335 e. The Morgan fingerprint density at radius 2 is 1.88 bits per heavy atom. The molecule has 0 amide bonds. The van der Waals surface area contributed by atoms with Crippen LogP contribution in [-0.4, -0.2) is 61.2 Å². The highest BCUT2D eigenvalue weighted by Gasteiger charge is 2.18. The van der Waals surface area contributed by atoms with Crippen molar-refractivity contribution in [2.45, 2.75) is 6.54 Å². The Hall–Kier alpha value is -2.12. The number of carbonyl (C=O) groups is 1. The minimum atomic E-state index is -0.881. The molecule has 24 heavy (non-hydrogen) atoms. The highest BCUT2D eigenvalue weighted by atomic mass is 32.1. The van der Waals surface area contributed by atoms with E-state index < -0.39 is 5.97 Å². The third-order valence-corrected chi connectivity index (χ3v) is 5.30. The number of hydrogen-bond donors (Lipinski definition) is 1. The summed E-state index contributed by atoms with van der Waals surface area (Å²) in [6.07, 6.45) is 1.97. The van der Waals surface area contributed by atoms with E-state index in [0.717, 1.165) is 43.5 Å². The summed E-state index contributed by atoms with van der Waals surface area (Å²) in [5, 5.41) is 10.0. The van der Waals surface area contributed by atoms with Gasteiger partial charge in [0.15, 0.2) is 5.13 Å². The Balaban J connectivity index is 1.54. The molecule has 1 aromatic heterocycles. The smallest absolute Gasteiger partial charge is 0.335 e. The SMILES string of the molecule is CN(C)c1ncc(CN2CCN(c3ccc(C(=O)O)cc3)CC2)s1. The molecule has 1 N–H and O–H groups in total. The third-order valence-electron chi connectivity index (χ3n) is 4.16. The Morgan fingerprint density at radius 3 is 2.42 bits per heavy atom. The van der Waals surface area contributed by atoms with Crippen molar-refractivity contribution in [3.05, 3.63) is 40.9 Å². The van der Waals surface area contributed by atoms with Gasteiger partial charge in [-0.05, 0) is 24.3 Å². The topological polar surface area (TPSA) is 59.9 Å². The molecule has 6 nitrogen and oxygen atoms in total. The lowest BCUT2D eigenvalue weighted by Gasteiger charge is -2.35. The van der Waals surface area contributed by atoms with E-state index in [4.69, 9.17) is 5.11 Å². The fourth-order valence-corrected chi connectivity index (χ4v) is 3.65. The number of thiazole rings is 1. The molecule has 0 radical (unpaired) electrons. The van der Waals surface area contributed by atoms with Crippen molar-refractivity contribution in [1.82, 2.24) is 9.88 Å². The maximum atomic E-state index is 10.9. The highest BCUT2D eigenvalue weighted by Crippen LogP contribution is 2.23. The molecule has 7 heteroatoms. The second kappa shape index (κ2) is 7.19. The minimum absolute atomic E-state index is 0.333. The van der Waals surface area contributed by atoms with Crippen LogP contribution in [0, 0.1) is 0 Å². The molecule has 0 atom stereocenters. The van der Waals surface area contributed by atoms with Gasteiger partial charge in [-0.2, -0.15) is 0 Å². The van der Waals surface area contributed by atoms with Crippen LogP contribution < -0.4 is 9.80 Å². The number of benzene rings is 1. The number of rotatable bonds is 5. The number of carboxylic acid groups (broad SMARTS) is 1. The van der Waals surface area contributed by atoms with Gasteiger partial charge in [0.2, 0.25) is 0 Å². The first-order valence-electron chi connectivity index (χ1n) is 7.95. The van der Waals surface area contributed by atoms with Crippen molar-refractivity contribution in [1.29, 1.82) is 0 Å². The molecule has 0 unspecified atom stereocenters. The molecule has 1 aromatic carbocycles. The van der Waals surface area contributed by atoms with Crippen molar-refractivity contribution >= 4 is 28.1 Å². The van der Waals surface area contributed by atoms with Gasteiger partial charge in [0.25, 0.3) is 0 Å². The van der Waals surface area contributed by atoms with Crippen LogP contribution in [0.3, 0.4) is 0 Å². The maximum absolute atomic E-state index is 10.9. The molecule has 1 aliphatic heterocycles. The summed E-state index contributed by atoms with van der Waals surface area (Å²) in [7, 11) is 4.02. The van der Waals surface area contributed by atoms with Crippen LogP contribution in [0.25, 0.3) is 0 Å². The predicted octanol–water partition coefficient (Wildman–Crippen LogP) is 2.23. The first-order valence-corrected chi connectivity index (χ1v) is 8.77. The summed E-state index contributed by atoms with van der Waals surface area (Å²) in [4.78, 5) is 23.4. The Kier molecular flexibility index (Phi) is 5.01. The van der Waals surface area contributed by atoms with Gasteiger partial charge >= 0.3 is 5.97 Å². The van der Waals surface area contributed by atoms with Gasteiger partial charge in [0.05, 0.1) is 5.56 Å². The molecule has 1 saturated heterocycles. The van der Waals surface area contributed by atoms with E-state index in [-0.39, 0.29) is 0 Å². The van der Waals surface area contributed by atoms with Crippen LogP contribution >= 0.6 is 11.3 Å². The molecule has 0 bridgehead atoms. The zero-order valence-electron chi connectivity index (χ0n) is 14.0. The van der Waals surface area contributed by atoms with Crippen molar-refractivity contribution in [2.75, 3.05) is 50.1 Å². The fraction of sp³-hybridized carbons (Fsp3) is 0.412. The van der Waals surface area contributed by atoms with E-state index in [1.165, 1.54) is 4.88 Å². The molecule has 128 valence electrons. The van der Waals surface area contributed by atoms with E-state index in [1.807, 2.05) is 37.3 Å². The standard InChI is InChI=1S/C17H22N4O2S/c1-19(2)17-18-11-15(24-17)12-20-7-9-21(10-8-20)14-5-3-13(4-6-14)16(22)23/h3-6,11H,7-10,12H2,1-2H3,(H,22,23). The number of nitrogens with zero attached hydrogens (tertiary/aromatic N) is 4. The van der Waals surface area contributed by atoms with E-state index in [2.05, 4.69) is 14.8 Å². The van der Waals surface area contributed by atoms with Crippen LogP contribution in [0.1, 0.15) is 15.2 Å². The van der Waals surface area contributed by atoms with E-state index in [9.17, 15) is 4.79 Å². The molecule has 2 aromatic rings. The van der Waals surface area contributed by atoms with E-state index >= 15 is 0 Å². The van der Waals surface area contributed by atoms with Gasteiger partial charge < -0.3 is 14.9 Å². The Bertz CT molecular complexity index is 691. The highest BCUT2D eigenvalue weighted by molar-refractivity contribution is 7.15. The molecule has 2 heterocycles. The van der Waals surface area contributed by atoms with Crippen LogP contribution in [0.5, 0.6) is 0 Å². The van der Waals surface area contributed by atoms with Gasteiger partial charge in [-0.1, -0.05) is 0 Å². The van der Waals surface area contributed by atoms with E-state index in [1.54, 1.807) is 23.5 Å². The lowest BCUT2D eigenvalue weighted by Crippen LogP contribution is -2.45. The summed E-state index contributed by atoms with van der Waals surface area (Å²) < 4.78 is 0. The van der Waals surface area contributed by atoms with Gasteiger partial charge in [-0.3, -0.25) is 4.90 Å². The summed E-state index contributed by atoms with van der Waals surface area (Å²) in [5.74, 6) is -0.881. The number of aromatic nitrogens is 1. The van der Waals surface area contributed by atoms with Gasteiger partial charge in [-0.25, -0.2) is 9.78 Å². The largest absolute Gasteiger partial charge is 0.478 e. The minimum Gasteiger partial charge on any atom is -0.478 e. The zero-order valence-corrected chi connectivity index (χ0v) is 14.8. The zero-order chi connectivity index (χ0) is 17.1. The number of hydrogen-bond acceptors (Lipinski definition) is 6. The van der Waals surface area contributed by atoms with Crippen molar-refractivity contribution < 1.29 is 9.90 Å². The fourth-order valence-electron chi connectivity index (χ4n) is 2.78. The summed E-state index contributed by atoms with van der Waals surface area (Å²) in [6, 6.07) is 7.13. The van der Waals surface area contributed by atoms with E-state index in [0.29, 0.717) is 5.56 Å². The molecule has 1 fully saturated rings. The first-order chi connectivity index (χ1) is 11.5. The summed E-state index contributed by atoms with van der Waals surface area (Å²) >= 11 is 1.74. The molecular formula is C17H22N4O2S. The molecule has 1 aliphatic rings. The monoisotopic (exact) mass is 346 g/mol. The lowest BCUT2D eigenvalue weighted by atomic mass is 10.2. The van der Waals surface area contributed by atoms with Crippen LogP contribution in [0.15, 0.2) is 30.5 Å². The molecule has 0 aliphatic carbocycles. The summed E-state index contributed by atoms with van der Waals surface area (Å²) in [5.41, 5.74) is 1.42. The van der Waals surface area contributed by atoms with Crippen LogP contribution in [0.4, 0.5) is 10.8 Å². The van der Waals surface area contributed by atoms with Crippen molar-refractivity contribution in [2.24, 2.45) is 0 Å². The average Bonchev–Trinajstić information content (AvgIpc) is 3.04. The third kappa shape index (κ3) is 3.85. The quantitative estimate of drug-likeness (QED) is 0.896. The first kappa shape index (κ1) is 16.7. The number of anilines is 2. The van der Waals surface area contributed by atoms with Crippen LogP contribution in [-0.2, 0) is 6.54 Å². The predicted molar refractivity (Wildman–Crippen MR) is 97.3 cm³/mol. The molecule has 0 saturated carbocycles. The van der Waals surface area contributed by atoms with Gasteiger partial charge in [0.1, 0.15) is 0 Å². The van der Waals surface area contributed by atoms with Gasteiger partial charge in [0, 0.05) is 63.6 Å². The van der Waals surface area contributed by atoms with Gasteiger partial charge in [-0.15, -0.1) is 11.3 Å². The molecular weight excluding hydrogens is 324 g/mol. The van der Waals surface area contributed by atoms with Crippen molar-refractivity contribution in [3.8, 4) is 0 Å². The number of piperazine rings is 1.